The summed E-state index contributed by atoms with van der Waals surface area (Å²) in [4.78, 5) is 4.97. The standard InChI is InChI=1S/C6H15NO.ClH/c1-4-6-7(5-2)8-3;/h4-6H2,1-3H3;1H. The van der Waals surface area contributed by atoms with Gasteiger partial charge >= 0.3 is 0 Å². The predicted molar refractivity (Wildman–Crippen MR) is 41.8 cm³/mol. The van der Waals surface area contributed by atoms with Gasteiger partial charge < -0.3 is 4.84 Å². The fourth-order valence-electron chi connectivity index (χ4n) is 0.628. The number of halogens is 1. The minimum Gasteiger partial charge on any atom is -0.302 e. The minimum atomic E-state index is 0. The van der Waals surface area contributed by atoms with Crippen LogP contribution in [0.5, 0.6) is 0 Å². The predicted octanol–water partition coefficient (Wildman–Crippen LogP) is 1.70. The second-order valence-corrected chi connectivity index (χ2v) is 1.70. The average Bonchev–Trinajstić information content (AvgIpc) is 1.83. The molecule has 3 heteroatoms. The number of rotatable bonds is 4. The van der Waals surface area contributed by atoms with Gasteiger partial charge in [0.2, 0.25) is 0 Å². The Labute approximate surface area is 63.5 Å². The van der Waals surface area contributed by atoms with Crippen LogP contribution >= 0.6 is 12.4 Å². The van der Waals surface area contributed by atoms with Crippen molar-refractivity contribution in [2.45, 2.75) is 20.3 Å². The van der Waals surface area contributed by atoms with Gasteiger partial charge in [0.1, 0.15) is 0 Å². The minimum absolute atomic E-state index is 0. The van der Waals surface area contributed by atoms with E-state index in [9.17, 15) is 0 Å². The molecule has 0 amide bonds. The van der Waals surface area contributed by atoms with Gasteiger partial charge in [-0.1, -0.05) is 13.8 Å². The van der Waals surface area contributed by atoms with Crippen LogP contribution in [0, 0.1) is 0 Å². The summed E-state index contributed by atoms with van der Waals surface area (Å²) < 4.78 is 0. The normalized spacial score (nSPS) is 9.33. The Morgan fingerprint density at radius 3 is 2.00 bits per heavy atom. The lowest BCUT2D eigenvalue weighted by atomic mass is 10.5. The molecule has 0 atom stereocenters. The van der Waals surface area contributed by atoms with Crippen LogP contribution in [0.4, 0.5) is 0 Å². The van der Waals surface area contributed by atoms with E-state index in [1.165, 1.54) is 0 Å². The first kappa shape index (κ1) is 11.9. The topological polar surface area (TPSA) is 12.5 Å². The fraction of sp³-hybridized carbons (Fsp3) is 1.00. The van der Waals surface area contributed by atoms with Gasteiger partial charge in [-0.05, 0) is 6.42 Å². The molecular formula is C6H16ClNO. The van der Waals surface area contributed by atoms with Gasteiger partial charge in [0.25, 0.3) is 0 Å². The zero-order valence-corrected chi connectivity index (χ0v) is 7.20. The Kier molecular flexibility index (Phi) is 10.9. The van der Waals surface area contributed by atoms with Crippen LogP contribution in [0.1, 0.15) is 20.3 Å². The molecule has 0 heterocycles. The summed E-state index contributed by atoms with van der Waals surface area (Å²) in [6, 6.07) is 0. The van der Waals surface area contributed by atoms with Gasteiger partial charge in [-0.25, -0.2) is 0 Å². The molecule has 58 valence electrons. The Morgan fingerprint density at radius 1 is 1.33 bits per heavy atom. The van der Waals surface area contributed by atoms with Gasteiger partial charge in [-0.2, -0.15) is 5.06 Å². The van der Waals surface area contributed by atoms with Gasteiger partial charge in [-0.15, -0.1) is 12.4 Å². The summed E-state index contributed by atoms with van der Waals surface area (Å²) >= 11 is 0. The van der Waals surface area contributed by atoms with Crippen LogP contribution in [-0.4, -0.2) is 25.3 Å². The second-order valence-electron chi connectivity index (χ2n) is 1.70. The SMILES string of the molecule is CCCN(CC)OC.Cl. The highest BCUT2D eigenvalue weighted by molar-refractivity contribution is 5.85. The van der Waals surface area contributed by atoms with E-state index in [-0.39, 0.29) is 12.4 Å². The third-order valence-electron chi connectivity index (χ3n) is 1.08. The van der Waals surface area contributed by atoms with Gasteiger partial charge in [0, 0.05) is 13.1 Å². The molecule has 0 aromatic heterocycles. The summed E-state index contributed by atoms with van der Waals surface area (Å²) in [5.74, 6) is 0. The molecule has 0 radical (unpaired) electrons. The molecule has 0 aromatic rings. The molecule has 0 N–H and O–H groups in total. The van der Waals surface area contributed by atoms with Crippen molar-refractivity contribution in [1.82, 2.24) is 5.06 Å². The van der Waals surface area contributed by atoms with Crippen LogP contribution in [0.15, 0.2) is 0 Å². The molecule has 0 aliphatic heterocycles. The molecule has 2 nitrogen and oxygen atoms in total. The van der Waals surface area contributed by atoms with E-state index in [1.54, 1.807) is 7.11 Å². The lowest BCUT2D eigenvalue weighted by Crippen LogP contribution is -2.22. The quantitative estimate of drug-likeness (QED) is 0.571. The highest BCUT2D eigenvalue weighted by atomic mass is 35.5. The first-order valence-corrected chi connectivity index (χ1v) is 3.14. The van der Waals surface area contributed by atoms with E-state index in [0.29, 0.717) is 0 Å². The highest BCUT2D eigenvalue weighted by Crippen LogP contribution is 1.87. The molecule has 0 saturated carbocycles. The van der Waals surface area contributed by atoms with Crippen molar-refractivity contribution in [3.05, 3.63) is 0 Å². The smallest absolute Gasteiger partial charge is 0.0575 e. The molecule has 0 aliphatic rings. The molecule has 9 heavy (non-hydrogen) atoms. The van der Waals surface area contributed by atoms with E-state index in [1.807, 2.05) is 5.06 Å². The van der Waals surface area contributed by atoms with Crippen molar-refractivity contribution in [1.29, 1.82) is 0 Å². The van der Waals surface area contributed by atoms with Gasteiger partial charge in [0.15, 0.2) is 0 Å². The Balaban J connectivity index is 0. The molecule has 0 bridgehead atoms. The number of hydrogen-bond donors (Lipinski definition) is 0. The summed E-state index contributed by atoms with van der Waals surface area (Å²) in [6.45, 7) is 6.23. The molecule has 0 unspecified atom stereocenters. The Morgan fingerprint density at radius 2 is 1.89 bits per heavy atom. The number of hydroxylamine groups is 2. The third kappa shape index (κ3) is 6.09. The maximum absolute atomic E-state index is 4.97. The summed E-state index contributed by atoms with van der Waals surface area (Å²) in [7, 11) is 1.71. The van der Waals surface area contributed by atoms with E-state index in [4.69, 9.17) is 4.84 Å². The lowest BCUT2D eigenvalue weighted by molar-refractivity contribution is -0.127. The van der Waals surface area contributed by atoms with Crippen LogP contribution in [-0.2, 0) is 4.84 Å². The second kappa shape index (κ2) is 8.21. The average molecular weight is 154 g/mol. The molecule has 0 fully saturated rings. The van der Waals surface area contributed by atoms with Crippen molar-refractivity contribution in [2.75, 3.05) is 20.2 Å². The highest BCUT2D eigenvalue weighted by Gasteiger charge is 1.93. The van der Waals surface area contributed by atoms with Crippen molar-refractivity contribution in [3.63, 3.8) is 0 Å². The summed E-state index contributed by atoms with van der Waals surface area (Å²) in [5, 5.41) is 1.93. The van der Waals surface area contributed by atoms with Crippen molar-refractivity contribution >= 4 is 12.4 Å². The summed E-state index contributed by atoms with van der Waals surface area (Å²) in [5.41, 5.74) is 0. The maximum Gasteiger partial charge on any atom is 0.0575 e. The van der Waals surface area contributed by atoms with Crippen molar-refractivity contribution in [2.24, 2.45) is 0 Å². The van der Waals surface area contributed by atoms with E-state index >= 15 is 0 Å². The monoisotopic (exact) mass is 153 g/mol. The zero-order valence-electron chi connectivity index (χ0n) is 6.39. The maximum atomic E-state index is 4.97. The molecule has 0 saturated heterocycles. The zero-order chi connectivity index (χ0) is 6.41. The number of nitrogens with zero attached hydrogens (tertiary/aromatic N) is 1. The van der Waals surface area contributed by atoms with Gasteiger partial charge in [-0.3, -0.25) is 0 Å². The molecule has 0 spiro atoms. The van der Waals surface area contributed by atoms with E-state index in [0.717, 1.165) is 19.5 Å². The Bertz CT molecular complexity index is 48.3. The third-order valence-corrected chi connectivity index (χ3v) is 1.08. The van der Waals surface area contributed by atoms with E-state index in [2.05, 4.69) is 13.8 Å². The largest absolute Gasteiger partial charge is 0.302 e. The molecular weight excluding hydrogens is 138 g/mol. The van der Waals surface area contributed by atoms with Crippen molar-refractivity contribution < 1.29 is 4.84 Å². The fourth-order valence-corrected chi connectivity index (χ4v) is 0.628. The summed E-state index contributed by atoms with van der Waals surface area (Å²) in [6.07, 6.45) is 1.15. The Hall–Kier alpha value is 0.210. The first-order valence-electron chi connectivity index (χ1n) is 3.14. The van der Waals surface area contributed by atoms with Crippen LogP contribution < -0.4 is 0 Å². The van der Waals surface area contributed by atoms with E-state index < -0.39 is 0 Å². The molecule has 0 aliphatic carbocycles. The van der Waals surface area contributed by atoms with Crippen LogP contribution in [0.2, 0.25) is 0 Å². The molecule has 0 rings (SSSR count). The number of hydrogen-bond acceptors (Lipinski definition) is 2. The first-order chi connectivity index (χ1) is 3.85. The van der Waals surface area contributed by atoms with Crippen LogP contribution in [0.3, 0.4) is 0 Å². The van der Waals surface area contributed by atoms with Gasteiger partial charge in [0.05, 0.1) is 7.11 Å². The van der Waals surface area contributed by atoms with Crippen molar-refractivity contribution in [3.8, 4) is 0 Å². The van der Waals surface area contributed by atoms with Crippen LogP contribution in [0.25, 0.3) is 0 Å². The molecule has 0 aromatic carbocycles. The lowest BCUT2D eigenvalue weighted by Gasteiger charge is -2.14.